The van der Waals surface area contributed by atoms with Crippen LogP contribution < -0.4 is 0 Å². The molecule has 0 spiro atoms. The van der Waals surface area contributed by atoms with Gasteiger partial charge in [0, 0.05) is 0 Å². The molecule has 0 N–H and O–H groups in total. The summed E-state index contributed by atoms with van der Waals surface area (Å²) < 4.78 is 0. The maximum atomic E-state index is 2.29. The second kappa shape index (κ2) is 41.1. The monoisotopic (exact) mass is 1600 g/mol. The van der Waals surface area contributed by atoms with Gasteiger partial charge in [-0.1, -0.05) is 490 Å². The molecular formula is C125H100. The molecule has 0 aromatic heterocycles. The molecule has 125 heavy (non-hydrogen) atoms. The summed E-state index contributed by atoms with van der Waals surface area (Å²) in [6.07, 6.45) is 0. The molecule has 0 heterocycles. The van der Waals surface area contributed by atoms with Crippen molar-refractivity contribution in [3.63, 3.8) is 0 Å². The lowest BCUT2D eigenvalue weighted by Gasteiger charge is -2.11. The molecule has 0 unspecified atom stereocenters. The Labute approximate surface area is 739 Å². The zero-order valence-electron chi connectivity index (χ0n) is 71.6. The number of rotatable bonds is 15. The molecule has 0 bridgehead atoms. The fraction of sp³-hybridized carbons (Fsp3) is 0.0400. The first-order valence-corrected chi connectivity index (χ1v) is 43.1. The summed E-state index contributed by atoms with van der Waals surface area (Å²) in [5, 5.41) is 0. The normalized spacial score (nSPS) is 10.6. The van der Waals surface area contributed by atoms with E-state index in [2.05, 4.69) is 544 Å². The van der Waals surface area contributed by atoms with Crippen molar-refractivity contribution in [2.45, 2.75) is 34.6 Å². The van der Waals surface area contributed by atoms with Crippen molar-refractivity contribution in [1.82, 2.24) is 0 Å². The van der Waals surface area contributed by atoms with Crippen molar-refractivity contribution in [2.75, 3.05) is 0 Å². The van der Waals surface area contributed by atoms with Crippen molar-refractivity contribution in [2.24, 2.45) is 0 Å². The lowest BCUT2D eigenvalue weighted by molar-refractivity contribution is 1.45. The third kappa shape index (κ3) is 22.0. The SMILES string of the molecule is Cc1cc(-c2ccccc2)cc(-c2ccc(-c3ccccc3)cc2)c1.Cc1ccc(-c2ccc(-c3ccc(-c4ccccc4)cc3)cc2)cc1.Cc1ccc(-c2ccc(-c3ccccc3)cc2)cc1-c1ccccc1.Cc1ccc(-c2ccccc2)cc1-c1ccc(-c2ccccc2)cc1.Cc1cccc(-c2cc(-c3ccccc3)cc(-c3ccccc3)c2)c1. The molecule has 0 aliphatic heterocycles. The molecule has 0 nitrogen and oxygen atoms in total. The molecule has 20 aromatic rings. The van der Waals surface area contributed by atoms with Crippen LogP contribution in [0.3, 0.4) is 0 Å². The maximum Gasteiger partial charge on any atom is -0.0149 e. The van der Waals surface area contributed by atoms with Crippen LogP contribution in [0.1, 0.15) is 27.8 Å². The summed E-state index contributed by atoms with van der Waals surface area (Å²) in [5.41, 5.74) is 44.1. The molecule has 0 fully saturated rings. The minimum Gasteiger partial charge on any atom is -0.0622 e. The molecule has 0 saturated heterocycles. The minimum atomic E-state index is 1.24. The zero-order valence-corrected chi connectivity index (χ0v) is 71.6. The van der Waals surface area contributed by atoms with Crippen LogP contribution in [0.25, 0.3) is 167 Å². The molecule has 0 aliphatic rings. The van der Waals surface area contributed by atoms with Gasteiger partial charge in [-0.15, -0.1) is 0 Å². The Kier molecular flexibility index (Phi) is 27.3. The van der Waals surface area contributed by atoms with Gasteiger partial charge in [0.05, 0.1) is 0 Å². The predicted octanol–water partition coefficient (Wildman–Crippen LogP) is 35.0. The van der Waals surface area contributed by atoms with Crippen LogP contribution >= 0.6 is 0 Å². The van der Waals surface area contributed by atoms with Gasteiger partial charge in [0.2, 0.25) is 0 Å². The fourth-order valence-corrected chi connectivity index (χ4v) is 16.0. The topological polar surface area (TPSA) is 0 Å². The molecule has 0 amide bonds. The highest BCUT2D eigenvalue weighted by atomic mass is 14.2. The quantitative estimate of drug-likeness (QED) is 0.0960. The van der Waals surface area contributed by atoms with Gasteiger partial charge in [-0.3, -0.25) is 0 Å². The number of aryl methyl sites for hydroxylation is 5. The average molecular weight is 1600 g/mol. The highest BCUT2D eigenvalue weighted by molar-refractivity contribution is 5.84. The van der Waals surface area contributed by atoms with Crippen molar-refractivity contribution in [3.8, 4) is 167 Å². The van der Waals surface area contributed by atoms with Crippen molar-refractivity contribution >= 4 is 0 Å². The molecule has 20 aromatic carbocycles. The van der Waals surface area contributed by atoms with Gasteiger partial charge >= 0.3 is 0 Å². The molecule has 0 atom stereocenters. The molecule has 600 valence electrons. The Bertz CT molecular complexity index is 6720. The van der Waals surface area contributed by atoms with Crippen LogP contribution in [0.2, 0.25) is 0 Å². The average Bonchev–Trinajstić information content (AvgIpc) is 0.808. The Hall–Kier alpha value is -15.6. The number of hydrogen-bond acceptors (Lipinski definition) is 0. The van der Waals surface area contributed by atoms with E-state index in [0.29, 0.717) is 0 Å². The second-order valence-corrected chi connectivity index (χ2v) is 31.9. The molecule has 0 aliphatic carbocycles. The molecule has 0 heteroatoms. The van der Waals surface area contributed by atoms with Crippen LogP contribution in [-0.4, -0.2) is 0 Å². The van der Waals surface area contributed by atoms with Crippen LogP contribution in [0.4, 0.5) is 0 Å². The lowest BCUT2D eigenvalue weighted by Crippen LogP contribution is -1.86. The van der Waals surface area contributed by atoms with Crippen molar-refractivity contribution in [1.29, 1.82) is 0 Å². The smallest absolute Gasteiger partial charge is 0.0149 e. The van der Waals surface area contributed by atoms with E-state index in [1.165, 1.54) is 195 Å². The van der Waals surface area contributed by atoms with Gasteiger partial charge in [0.1, 0.15) is 0 Å². The Morgan fingerprint density at radius 3 is 0.520 bits per heavy atom. The van der Waals surface area contributed by atoms with Crippen molar-refractivity contribution in [3.05, 3.63) is 543 Å². The summed E-state index contributed by atoms with van der Waals surface area (Å²) in [6, 6.07) is 183. The first kappa shape index (κ1) is 83.1. The number of benzene rings is 20. The first-order chi connectivity index (χ1) is 61.5. The highest BCUT2D eigenvalue weighted by Gasteiger charge is 2.13. The van der Waals surface area contributed by atoms with E-state index in [4.69, 9.17) is 0 Å². The predicted molar refractivity (Wildman–Crippen MR) is 537 cm³/mol. The van der Waals surface area contributed by atoms with E-state index in [0.717, 1.165) is 0 Å². The summed E-state index contributed by atoms with van der Waals surface area (Å²) in [5.74, 6) is 0. The molecular weight excluding hydrogens is 1500 g/mol. The summed E-state index contributed by atoms with van der Waals surface area (Å²) in [4.78, 5) is 0. The largest absolute Gasteiger partial charge is 0.0622 e. The summed E-state index contributed by atoms with van der Waals surface area (Å²) >= 11 is 0. The van der Waals surface area contributed by atoms with E-state index < -0.39 is 0 Å². The minimum absolute atomic E-state index is 1.24. The Balaban J connectivity index is 0.000000115. The second-order valence-electron chi connectivity index (χ2n) is 31.9. The summed E-state index contributed by atoms with van der Waals surface area (Å²) in [6.45, 7) is 10.8. The van der Waals surface area contributed by atoms with E-state index >= 15 is 0 Å². The van der Waals surface area contributed by atoms with E-state index in [-0.39, 0.29) is 0 Å². The van der Waals surface area contributed by atoms with Crippen LogP contribution in [0.5, 0.6) is 0 Å². The third-order valence-electron chi connectivity index (χ3n) is 22.9. The third-order valence-corrected chi connectivity index (χ3v) is 22.9. The van der Waals surface area contributed by atoms with Gasteiger partial charge in [-0.05, 0) is 255 Å². The fourth-order valence-electron chi connectivity index (χ4n) is 16.0. The van der Waals surface area contributed by atoms with Crippen LogP contribution in [0, 0.1) is 34.6 Å². The molecule has 0 saturated carbocycles. The first-order valence-electron chi connectivity index (χ1n) is 43.1. The Morgan fingerprint density at radius 2 is 0.248 bits per heavy atom. The summed E-state index contributed by atoms with van der Waals surface area (Å²) in [7, 11) is 0. The Morgan fingerprint density at radius 1 is 0.0880 bits per heavy atom. The number of hydrogen-bond donors (Lipinski definition) is 0. The lowest BCUT2D eigenvalue weighted by atomic mass is 9.93. The van der Waals surface area contributed by atoms with Gasteiger partial charge in [-0.25, -0.2) is 0 Å². The van der Waals surface area contributed by atoms with Crippen molar-refractivity contribution < 1.29 is 0 Å². The highest BCUT2D eigenvalue weighted by Crippen LogP contribution is 2.38. The van der Waals surface area contributed by atoms with Gasteiger partial charge in [0.25, 0.3) is 0 Å². The van der Waals surface area contributed by atoms with Gasteiger partial charge in [0.15, 0.2) is 0 Å². The van der Waals surface area contributed by atoms with Gasteiger partial charge < -0.3 is 0 Å². The molecule has 20 rings (SSSR count). The zero-order chi connectivity index (χ0) is 85.3. The van der Waals surface area contributed by atoms with Gasteiger partial charge in [-0.2, -0.15) is 0 Å². The van der Waals surface area contributed by atoms with Crippen LogP contribution in [0.15, 0.2) is 516 Å². The van der Waals surface area contributed by atoms with Crippen LogP contribution in [-0.2, 0) is 0 Å². The standard InChI is InChI=1S/5C25H20/c1-19-9-8-14-22(15-19)25-17-23(20-10-4-2-5-11-20)16-24(18-25)21-12-6-3-7-13-21;1-19-16-24(21-10-6-3-7-11-21)18-25(17-19)23-14-12-22(13-15-23)20-8-4-2-5-9-20;1-19-12-13-24(18-25(19)23-10-6-3-7-11-23)22-16-14-21(15-17-22)20-8-4-2-5-9-20;1-19-12-13-24(21-10-6-3-7-11-21)18-25(19)23-16-14-22(15-17-23)20-8-4-2-5-9-20;1-19-7-9-21(10-8-19)23-15-17-25(18-16-23)24-13-11-22(12-14-24)20-5-3-2-4-6-20/h5*2-18H,1H3. The van der Waals surface area contributed by atoms with E-state index in [1.807, 2.05) is 6.07 Å². The van der Waals surface area contributed by atoms with E-state index in [9.17, 15) is 0 Å². The maximum absolute atomic E-state index is 2.29. The molecule has 0 radical (unpaired) electrons. The van der Waals surface area contributed by atoms with E-state index in [1.54, 1.807) is 0 Å².